The molecule has 2 aromatic heterocycles. The molecule has 3 rings (SSSR count). The highest BCUT2D eigenvalue weighted by Crippen LogP contribution is 2.17. The van der Waals surface area contributed by atoms with Crippen LogP contribution in [-0.2, 0) is 6.54 Å². The normalized spacial score (nSPS) is 15.6. The number of anilines is 1. The summed E-state index contributed by atoms with van der Waals surface area (Å²) >= 11 is 0. The number of amides is 1. The number of nitrogens with one attached hydrogen (secondary N) is 1. The van der Waals surface area contributed by atoms with Crippen molar-refractivity contribution in [1.29, 1.82) is 0 Å². The summed E-state index contributed by atoms with van der Waals surface area (Å²) < 4.78 is 2.25. The van der Waals surface area contributed by atoms with Gasteiger partial charge in [-0.15, -0.1) is 0 Å². The smallest absolute Gasteiger partial charge is 0.251 e. The largest absolute Gasteiger partial charge is 0.354 e. The van der Waals surface area contributed by atoms with Crippen molar-refractivity contribution < 1.29 is 4.79 Å². The van der Waals surface area contributed by atoms with Gasteiger partial charge in [0, 0.05) is 69.0 Å². The first-order valence-corrected chi connectivity index (χ1v) is 9.83. The molecule has 1 N–H and O–H groups in total. The van der Waals surface area contributed by atoms with E-state index in [-0.39, 0.29) is 11.9 Å². The first-order valence-electron chi connectivity index (χ1n) is 9.83. The molecule has 0 radical (unpaired) electrons. The van der Waals surface area contributed by atoms with Crippen LogP contribution in [0, 0.1) is 0 Å². The van der Waals surface area contributed by atoms with Crippen molar-refractivity contribution in [2.24, 2.45) is 0 Å². The summed E-state index contributed by atoms with van der Waals surface area (Å²) in [7, 11) is 0. The third-order valence-corrected chi connectivity index (χ3v) is 4.90. The summed E-state index contributed by atoms with van der Waals surface area (Å²) in [5.41, 5.74) is 2.04. The Morgan fingerprint density at radius 3 is 2.52 bits per heavy atom. The standard InChI is InChI=1S/C21H31N5O/c1-16(2)23-21(27)19-5-7-22-20(13-19)25-11-9-24(10-12-25)14-18-6-8-26(15-18)17(3)4/h5-8,13,15-17H,9-12,14H2,1-4H3,(H,23,27). The van der Waals surface area contributed by atoms with E-state index in [1.165, 1.54) is 5.56 Å². The van der Waals surface area contributed by atoms with Gasteiger partial charge in [0.25, 0.3) is 5.91 Å². The van der Waals surface area contributed by atoms with Gasteiger partial charge in [0.15, 0.2) is 0 Å². The molecule has 0 unspecified atom stereocenters. The molecule has 2 aromatic rings. The zero-order chi connectivity index (χ0) is 19.4. The van der Waals surface area contributed by atoms with Crippen LogP contribution in [0.25, 0.3) is 0 Å². The van der Waals surface area contributed by atoms with Crippen molar-refractivity contribution in [2.45, 2.75) is 46.3 Å². The van der Waals surface area contributed by atoms with E-state index in [1.54, 1.807) is 12.3 Å². The molecule has 0 saturated carbocycles. The van der Waals surface area contributed by atoms with Crippen LogP contribution in [0.2, 0.25) is 0 Å². The number of pyridine rings is 1. The second kappa shape index (κ2) is 8.57. The minimum Gasteiger partial charge on any atom is -0.354 e. The number of hydrogen-bond donors (Lipinski definition) is 1. The molecule has 1 aliphatic rings. The predicted octanol–water partition coefficient (Wildman–Crippen LogP) is 2.92. The molecule has 1 fully saturated rings. The third-order valence-electron chi connectivity index (χ3n) is 4.90. The molecule has 6 heteroatoms. The Hall–Kier alpha value is -2.34. The van der Waals surface area contributed by atoms with E-state index in [4.69, 9.17) is 0 Å². The van der Waals surface area contributed by atoms with E-state index in [9.17, 15) is 4.79 Å². The molecule has 1 amide bonds. The van der Waals surface area contributed by atoms with Crippen LogP contribution in [0.5, 0.6) is 0 Å². The van der Waals surface area contributed by atoms with E-state index in [0.717, 1.165) is 38.5 Å². The fourth-order valence-corrected chi connectivity index (χ4v) is 3.35. The topological polar surface area (TPSA) is 53.4 Å². The van der Waals surface area contributed by atoms with Crippen molar-refractivity contribution in [1.82, 2.24) is 19.8 Å². The average molecular weight is 370 g/mol. The number of nitrogens with zero attached hydrogens (tertiary/aromatic N) is 4. The van der Waals surface area contributed by atoms with Crippen LogP contribution >= 0.6 is 0 Å². The highest BCUT2D eigenvalue weighted by atomic mass is 16.1. The van der Waals surface area contributed by atoms with E-state index in [0.29, 0.717) is 11.6 Å². The first kappa shape index (κ1) is 19.4. The quantitative estimate of drug-likeness (QED) is 0.851. The van der Waals surface area contributed by atoms with E-state index < -0.39 is 0 Å². The molecule has 27 heavy (non-hydrogen) atoms. The Morgan fingerprint density at radius 2 is 1.89 bits per heavy atom. The zero-order valence-electron chi connectivity index (χ0n) is 16.9. The highest BCUT2D eigenvalue weighted by molar-refractivity contribution is 5.94. The lowest BCUT2D eigenvalue weighted by molar-refractivity contribution is 0.0943. The molecular weight excluding hydrogens is 338 g/mol. The molecule has 1 saturated heterocycles. The Bertz CT molecular complexity index is 759. The van der Waals surface area contributed by atoms with Gasteiger partial charge < -0.3 is 14.8 Å². The molecule has 0 spiro atoms. The molecule has 6 nitrogen and oxygen atoms in total. The number of hydrogen-bond acceptors (Lipinski definition) is 4. The van der Waals surface area contributed by atoms with Gasteiger partial charge in [-0.25, -0.2) is 4.98 Å². The predicted molar refractivity (Wildman–Crippen MR) is 109 cm³/mol. The molecule has 0 atom stereocenters. The first-order chi connectivity index (χ1) is 12.9. The van der Waals surface area contributed by atoms with Crippen molar-refractivity contribution in [3.05, 3.63) is 47.9 Å². The van der Waals surface area contributed by atoms with Crippen molar-refractivity contribution in [3.63, 3.8) is 0 Å². The maximum absolute atomic E-state index is 12.2. The second-order valence-corrected chi connectivity index (χ2v) is 7.85. The fourth-order valence-electron chi connectivity index (χ4n) is 3.35. The molecule has 0 bridgehead atoms. The van der Waals surface area contributed by atoms with Gasteiger partial charge in [-0.3, -0.25) is 9.69 Å². The van der Waals surface area contributed by atoms with Crippen LogP contribution in [-0.4, -0.2) is 52.6 Å². The summed E-state index contributed by atoms with van der Waals surface area (Å²) in [4.78, 5) is 21.5. The van der Waals surface area contributed by atoms with Crippen LogP contribution in [0.1, 0.15) is 49.7 Å². The van der Waals surface area contributed by atoms with Crippen molar-refractivity contribution in [2.75, 3.05) is 31.1 Å². The number of carbonyl (C=O) groups is 1. The highest BCUT2D eigenvalue weighted by Gasteiger charge is 2.19. The van der Waals surface area contributed by atoms with Crippen LogP contribution < -0.4 is 10.2 Å². The van der Waals surface area contributed by atoms with Gasteiger partial charge in [0.1, 0.15) is 5.82 Å². The van der Waals surface area contributed by atoms with Gasteiger partial charge in [-0.05, 0) is 51.5 Å². The van der Waals surface area contributed by atoms with E-state index in [1.807, 2.05) is 19.9 Å². The zero-order valence-corrected chi connectivity index (χ0v) is 16.9. The molecule has 0 aliphatic carbocycles. The van der Waals surface area contributed by atoms with Gasteiger partial charge in [-0.2, -0.15) is 0 Å². The Morgan fingerprint density at radius 1 is 1.15 bits per heavy atom. The van der Waals surface area contributed by atoms with Crippen LogP contribution in [0.15, 0.2) is 36.8 Å². The molecule has 1 aliphatic heterocycles. The summed E-state index contributed by atoms with van der Waals surface area (Å²) in [5, 5.41) is 2.94. The van der Waals surface area contributed by atoms with Gasteiger partial charge in [0.05, 0.1) is 0 Å². The Balaban J connectivity index is 1.56. The fraction of sp³-hybridized carbons (Fsp3) is 0.524. The monoisotopic (exact) mass is 369 g/mol. The lowest BCUT2D eigenvalue weighted by atomic mass is 10.2. The number of carbonyl (C=O) groups excluding carboxylic acids is 1. The van der Waals surface area contributed by atoms with E-state index >= 15 is 0 Å². The number of rotatable bonds is 6. The summed E-state index contributed by atoms with van der Waals surface area (Å²) in [6.07, 6.45) is 6.13. The summed E-state index contributed by atoms with van der Waals surface area (Å²) in [6, 6.07) is 6.52. The average Bonchev–Trinajstić information content (AvgIpc) is 3.11. The number of aromatic nitrogens is 2. The van der Waals surface area contributed by atoms with Crippen LogP contribution in [0.4, 0.5) is 5.82 Å². The number of piperazine rings is 1. The minimum absolute atomic E-state index is 0.0399. The maximum atomic E-state index is 12.2. The SMILES string of the molecule is CC(C)NC(=O)c1ccnc(N2CCN(Cc3ccn(C(C)C)c3)CC2)c1. The van der Waals surface area contributed by atoms with Crippen molar-refractivity contribution >= 4 is 11.7 Å². The van der Waals surface area contributed by atoms with Crippen LogP contribution in [0.3, 0.4) is 0 Å². The molecular formula is C21H31N5O. The lowest BCUT2D eigenvalue weighted by Crippen LogP contribution is -2.46. The second-order valence-electron chi connectivity index (χ2n) is 7.85. The molecule has 146 valence electrons. The Kier molecular flexibility index (Phi) is 6.16. The minimum atomic E-state index is -0.0399. The Labute approximate surface area is 162 Å². The molecule has 0 aromatic carbocycles. The van der Waals surface area contributed by atoms with Crippen molar-refractivity contribution in [3.8, 4) is 0 Å². The lowest BCUT2D eigenvalue weighted by Gasteiger charge is -2.35. The van der Waals surface area contributed by atoms with Gasteiger partial charge >= 0.3 is 0 Å². The summed E-state index contributed by atoms with van der Waals surface area (Å²) in [6.45, 7) is 13.2. The van der Waals surface area contributed by atoms with E-state index in [2.05, 4.69) is 57.0 Å². The third kappa shape index (κ3) is 5.10. The summed E-state index contributed by atoms with van der Waals surface area (Å²) in [5.74, 6) is 0.846. The van der Waals surface area contributed by atoms with Gasteiger partial charge in [-0.1, -0.05) is 0 Å². The van der Waals surface area contributed by atoms with Gasteiger partial charge in [0.2, 0.25) is 0 Å². The maximum Gasteiger partial charge on any atom is 0.251 e. The molecule has 3 heterocycles.